The van der Waals surface area contributed by atoms with Crippen molar-refractivity contribution in [3.05, 3.63) is 41.5 Å². The lowest BCUT2D eigenvalue weighted by atomic mass is 10.1. The summed E-state index contributed by atoms with van der Waals surface area (Å²) in [5, 5.41) is 4.03. The van der Waals surface area contributed by atoms with Gasteiger partial charge in [0.05, 0.1) is 12.1 Å². The Balaban J connectivity index is 2.19. The standard InChI is InChI=1S/C15H13FN2S2/c1-10-17-14(19-8-7-16)13-12(9-20-15(13)18-10)11-5-3-2-4-6-11/h2-6,9H,7-8H2,1H3. The molecule has 0 radical (unpaired) electrons. The van der Waals surface area contributed by atoms with Gasteiger partial charge in [-0.25, -0.2) is 9.97 Å². The quantitative estimate of drug-likeness (QED) is 0.515. The minimum atomic E-state index is -0.347. The molecule has 1 aromatic carbocycles. The Kier molecular flexibility index (Phi) is 3.98. The van der Waals surface area contributed by atoms with E-state index in [0.29, 0.717) is 5.75 Å². The first kappa shape index (κ1) is 13.5. The van der Waals surface area contributed by atoms with E-state index in [9.17, 15) is 4.39 Å². The maximum atomic E-state index is 12.5. The second-order valence-corrected chi connectivity index (χ2v) is 6.25. The molecule has 3 aromatic rings. The van der Waals surface area contributed by atoms with Crippen LogP contribution in [0.1, 0.15) is 5.82 Å². The molecule has 0 amide bonds. The first-order valence-corrected chi connectivity index (χ1v) is 8.16. The minimum Gasteiger partial charge on any atom is -0.250 e. The maximum Gasteiger partial charge on any atom is 0.128 e. The first-order chi connectivity index (χ1) is 9.79. The fraction of sp³-hybridized carbons (Fsp3) is 0.200. The van der Waals surface area contributed by atoms with Gasteiger partial charge in [0, 0.05) is 16.7 Å². The number of thiophene rings is 1. The van der Waals surface area contributed by atoms with Crippen molar-refractivity contribution in [2.75, 3.05) is 12.4 Å². The Morgan fingerprint density at radius 3 is 2.75 bits per heavy atom. The van der Waals surface area contributed by atoms with E-state index in [1.54, 1.807) is 11.3 Å². The predicted octanol–water partition coefficient (Wildman–Crippen LogP) is 4.73. The number of hydrogen-bond acceptors (Lipinski definition) is 4. The summed E-state index contributed by atoms with van der Waals surface area (Å²) in [5.74, 6) is 1.16. The third kappa shape index (κ3) is 2.55. The van der Waals surface area contributed by atoms with Gasteiger partial charge >= 0.3 is 0 Å². The number of halogens is 1. The van der Waals surface area contributed by atoms with Gasteiger partial charge in [0.25, 0.3) is 0 Å². The molecular weight excluding hydrogens is 291 g/mol. The average Bonchev–Trinajstić information content (AvgIpc) is 2.89. The fourth-order valence-corrected chi connectivity index (χ4v) is 3.96. The summed E-state index contributed by atoms with van der Waals surface area (Å²) >= 11 is 3.07. The monoisotopic (exact) mass is 304 g/mol. The van der Waals surface area contributed by atoms with E-state index < -0.39 is 0 Å². The molecule has 0 fully saturated rings. The van der Waals surface area contributed by atoms with Crippen LogP contribution in [0.25, 0.3) is 21.3 Å². The van der Waals surface area contributed by atoms with Crippen molar-refractivity contribution >= 4 is 33.3 Å². The van der Waals surface area contributed by atoms with E-state index in [1.165, 1.54) is 11.8 Å². The number of aromatic nitrogens is 2. The molecule has 0 aliphatic carbocycles. The third-order valence-corrected chi connectivity index (χ3v) is 4.71. The van der Waals surface area contributed by atoms with E-state index >= 15 is 0 Å². The van der Waals surface area contributed by atoms with E-state index in [2.05, 4.69) is 27.5 Å². The summed E-state index contributed by atoms with van der Waals surface area (Å²) in [5.41, 5.74) is 2.28. The summed E-state index contributed by atoms with van der Waals surface area (Å²) in [4.78, 5) is 9.95. The van der Waals surface area contributed by atoms with Gasteiger partial charge < -0.3 is 0 Å². The normalized spacial score (nSPS) is 11.1. The lowest BCUT2D eigenvalue weighted by molar-refractivity contribution is 0.532. The highest BCUT2D eigenvalue weighted by atomic mass is 32.2. The zero-order valence-corrected chi connectivity index (χ0v) is 12.6. The molecule has 0 aliphatic rings. The summed E-state index contributed by atoms with van der Waals surface area (Å²) in [6.45, 7) is 1.53. The van der Waals surface area contributed by atoms with Crippen LogP contribution in [-0.2, 0) is 0 Å². The zero-order chi connectivity index (χ0) is 13.9. The van der Waals surface area contributed by atoms with Crippen molar-refractivity contribution in [3.8, 4) is 11.1 Å². The average molecular weight is 304 g/mol. The van der Waals surface area contributed by atoms with Crippen LogP contribution in [0.2, 0.25) is 0 Å². The third-order valence-electron chi connectivity index (χ3n) is 2.91. The number of rotatable bonds is 4. The predicted molar refractivity (Wildman–Crippen MR) is 84.3 cm³/mol. The van der Waals surface area contributed by atoms with Crippen molar-refractivity contribution in [1.29, 1.82) is 0 Å². The number of benzene rings is 1. The van der Waals surface area contributed by atoms with Gasteiger partial charge in [-0.2, -0.15) is 0 Å². The van der Waals surface area contributed by atoms with Crippen molar-refractivity contribution < 1.29 is 4.39 Å². The second-order valence-electron chi connectivity index (χ2n) is 4.31. The molecule has 0 saturated carbocycles. The second kappa shape index (κ2) is 5.89. The van der Waals surface area contributed by atoms with Gasteiger partial charge in [-0.3, -0.25) is 4.39 Å². The topological polar surface area (TPSA) is 25.8 Å². The molecule has 102 valence electrons. The molecule has 20 heavy (non-hydrogen) atoms. The van der Waals surface area contributed by atoms with Gasteiger partial charge in [-0.15, -0.1) is 23.1 Å². The Bertz CT molecular complexity index is 725. The number of alkyl halides is 1. The summed E-state index contributed by atoms with van der Waals surface area (Å²) in [6.07, 6.45) is 0. The number of fused-ring (bicyclic) bond motifs is 1. The number of nitrogens with zero attached hydrogens (tertiary/aromatic N) is 2. The molecule has 2 heterocycles. The molecule has 0 N–H and O–H groups in total. The Morgan fingerprint density at radius 1 is 1.20 bits per heavy atom. The van der Waals surface area contributed by atoms with Gasteiger partial charge in [0.1, 0.15) is 15.7 Å². The zero-order valence-electron chi connectivity index (χ0n) is 11.0. The Labute approximate surface area is 125 Å². The molecule has 2 nitrogen and oxygen atoms in total. The van der Waals surface area contributed by atoms with Crippen LogP contribution in [0.3, 0.4) is 0 Å². The molecule has 5 heteroatoms. The van der Waals surface area contributed by atoms with Crippen LogP contribution < -0.4 is 0 Å². The van der Waals surface area contributed by atoms with Crippen LogP contribution in [-0.4, -0.2) is 22.4 Å². The largest absolute Gasteiger partial charge is 0.250 e. The molecule has 0 saturated heterocycles. The first-order valence-electron chi connectivity index (χ1n) is 6.29. The molecule has 2 aromatic heterocycles. The molecule has 0 bridgehead atoms. The number of thioether (sulfide) groups is 1. The van der Waals surface area contributed by atoms with Crippen LogP contribution in [0.5, 0.6) is 0 Å². The van der Waals surface area contributed by atoms with Crippen molar-refractivity contribution in [2.45, 2.75) is 11.9 Å². The van der Waals surface area contributed by atoms with Crippen LogP contribution in [0.4, 0.5) is 4.39 Å². The fourth-order valence-electron chi connectivity index (χ4n) is 2.08. The molecule has 0 spiro atoms. The van der Waals surface area contributed by atoms with Crippen LogP contribution >= 0.6 is 23.1 Å². The molecule has 3 rings (SSSR count). The number of aryl methyl sites for hydroxylation is 1. The van der Waals surface area contributed by atoms with Crippen molar-refractivity contribution in [1.82, 2.24) is 9.97 Å². The van der Waals surface area contributed by atoms with E-state index in [-0.39, 0.29) is 6.67 Å². The maximum absolute atomic E-state index is 12.5. The summed E-state index contributed by atoms with van der Waals surface area (Å²) in [7, 11) is 0. The van der Waals surface area contributed by atoms with Gasteiger partial charge in [-0.1, -0.05) is 30.3 Å². The minimum absolute atomic E-state index is 0.347. The van der Waals surface area contributed by atoms with Crippen LogP contribution in [0, 0.1) is 6.92 Å². The van der Waals surface area contributed by atoms with E-state index in [4.69, 9.17) is 0 Å². The van der Waals surface area contributed by atoms with Crippen molar-refractivity contribution in [2.24, 2.45) is 0 Å². The number of hydrogen-bond donors (Lipinski definition) is 0. The highest BCUT2D eigenvalue weighted by Gasteiger charge is 2.14. The lowest BCUT2D eigenvalue weighted by Gasteiger charge is -2.05. The molecular formula is C15H13FN2S2. The van der Waals surface area contributed by atoms with Gasteiger partial charge in [-0.05, 0) is 12.5 Å². The summed E-state index contributed by atoms with van der Waals surface area (Å²) in [6, 6.07) is 10.2. The van der Waals surface area contributed by atoms with Gasteiger partial charge in [0.2, 0.25) is 0 Å². The summed E-state index contributed by atoms with van der Waals surface area (Å²) < 4.78 is 12.5. The van der Waals surface area contributed by atoms with E-state index in [1.807, 2.05) is 25.1 Å². The highest BCUT2D eigenvalue weighted by molar-refractivity contribution is 7.99. The van der Waals surface area contributed by atoms with Gasteiger partial charge in [0.15, 0.2) is 0 Å². The molecule has 0 unspecified atom stereocenters. The SMILES string of the molecule is Cc1nc(SCCF)c2c(-c3ccccc3)csc2n1. The molecule has 0 atom stereocenters. The highest BCUT2D eigenvalue weighted by Crippen LogP contribution is 2.38. The Hall–Kier alpha value is -1.46. The molecule has 0 aliphatic heterocycles. The smallest absolute Gasteiger partial charge is 0.128 e. The lowest BCUT2D eigenvalue weighted by Crippen LogP contribution is -1.92. The Morgan fingerprint density at radius 2 is 2.00 bits per heavy atom. The van der Waals surface area contributed by atoms with E-state index in [0.717, 1.165) is 32.2 Å². The van der Waals surface area contributed by atoms with Crippen molar-refractivity contribution in [3.63, 3.8) is 0 Å². The van der Waals surface area contributed by atoms with Crippen LogP contribution in [0.15, 0.2) is 40.7 Å².